The summed E-state index contributed by atoms with van der Waals surface area (Å²) in [6.45, 7) is 6.82. The summed E-state index contributed by atoms with van der Waals surface area (Å²) in [7, 11) is -1.11. The Kier molecular flexibility index (Phi) is 5.22. The minimum absolute atomic E-state index is 0.451. The Labute approximate surface area is 136 Å². The maximum Gasteiger partial charge on any atom is 0.0767 e. The number of halogens is 1. The third-order valence-electron chi connectivity index (χ3n) is 3.41. The number of anilines is 1. The summed E-state index contributed by atoms with van der Waals surface area (Å²) in [6.07, 6.45) is 0.855. The summed E-state index contributed by atoms with van der Waals surface area (Å²) in [5.74, 6) is 0.451. The summed E-state index contributed by atoms with van der Waals surface area (Å²) in [4.78, 5) is 0.831. The number of aryl methyl sites for hydroxylation is 3. The first kappa shape index (κ1) is 16.2. The number of nitrogens with zero attached hydrogens (tertiary/aromatic N) is 2. The van der Waals surface area contributed by atoms with Gasteiger partial charge < -0.3 is 5.73 Å². The predicted molar refractivity (Wildman–Crippen MR) is 90.7 cm³/mol. The molecule has 1 aromatic heterocycles. The van der Waals surface area contributed by atoms with Crippen LogP contribution in [0.25, 0.3) is 0 Å². The monoisotopic (exact) mass is 369 g/mol. The van der Waals surface area contributed by atoms with E-state index in [1.165, 1.54) is 0 Å². The second-order valence-electron chi connectivity index (χ2n) is 4.89. The molecule has 2 rings (SSSR count). The van der Waals surface area contributed by atoms with E-state index in [-0.39, 0.29) is 0 Å². The van der Waals surface area contributed by atoms with E-state index in [1.807, 2.05) is 30.7 Å². The number of hydrogen-bond donors (Lipinski definition) is 1. The van der Waals surface area contributed by atoms with Gasteiger partial charge in [0.2, 0.25) is 0 Å². The van der Waals surface area contributed by atoms with Crippen molar-refractivity contribution in [3.05, 3.63) is 39.6 Å². The third kappa shape index (κ3) is 3.37. The van der Waals surface area contributed by atoms with Crippen molar-refractivity contribution in [1.29, 1.82) is 0 Å². The summed E-state index contributed by atoms with van der Waals surface area (Å²) < 4.78 is 15.6. The van der Waals surface area contributed by atoms with Crippen LogP contribution in [0.4, 0.5) is 5.69 Å². The van der Waals surface area contributed by atoms with Crippen molar-refractivity contribution in [1.82, 2.24) is 9.78 Å². The largest absolute Gasteiger partial charge is 0.399 e. The lowest BCUT2D eigenvalue weighted by molar-refractivity contribution is 0.623. The molecule has 2 N–H and O–H groups in total. The average Bonchev–Trinajstić information content (AvgIpc) is 2.75. The van der Waals surface area contributed by atoms with Crippen LogP contribution in [0.1, 0.15) is 30.8 Å². The fourth-order valence-corrected chi connectivity index (χ4v) is 4.51. The Morgan fingerprint density at radius 2 is 2.10 bits per heavy atom. The molecule has 1 heterocycles. The van der Waals surface area contributed by atoms with Crippen LogP contribution in [0.2, 0.25) is 0 Å². The zero-order valence-corrected chi connectivity index (χ0v) is 14.9. The molecule has 114 valence electrons. The normalized spacial score (nSPS) is 12.6. The molecule has 0 amide bonds. The zero-order valence-electron chi connectivity index (χ0n) is 12.5. The van der Waals surface area contributed by atoms with Crippen molar-refractivity contribution in [2.45, 2.75) is 44.4 Å². The lowest BCUT2D eigenvalue weighted by Crippen LogP contribution is -2.07. The molecular weight excluding hydrogens is 350 g/mol. The van der Waals surface area contributed by atoms with Crippen LogP contribution in [-0.4, -0.2) is 14.0 Å². The molecule has 1 aromatic carbocycles. The van der Waals surface area contributed by atoms with Crippen LogP contribution in [0.5, 0.6) is 0 Å². The Bertz CT molecular complexity index is 682. The van der Waals surface area contributed by atoms with Gasteiger partial charge in [0.25, 0.3) is 0 Å². The maximum atomic E-state index is 12.7. The van der Waals surface area contributed by atoms with Gasteiger partial charge in [-0.3, -0.25) is 8.89 Å². The lowest BCUT2D eigenvalue weighted by Gasteiger charge is -2.09. The van der Waals surface area contributed by atoms with E-state index in [0.717, 1.165) is 39.3 Å². The van der Waals surface area contributed by atoms with Gasteiger partial charge in [0.15, 0.2) is 0 Å². The molecule has 0 aliphatic carbocycles. The van der Waals surface area contributed by atoms with Gasteiger partial charge in [-0.2, -0.15) is 5.10 Å². The Morgan fingerprint density at radius 3 is 2.67 bits per heavy atom. The summed E-state index contributed by atoms with van der Waals surface area (Å²) >= 11 is 3.60. The van der Waals surface area contributed by atoms with Crippen molar-refractivity contribution in [3.8, 4) is 0 Å². The highest BCUT2D eigenvalue weighted by molar-refractivity contribution is 9.10. The standard InChI is InChI=1S/C15H20BrN3OS/c1-4-12-15(16)13(19(5-2)18-12)9-21(20)14-7-6-11(17)8-10(14)3/h6-8H,4-5,9,17H2,1-3H3. The van der Waals surface area contributed by atoms with Gasteiger partial charge in [-0.05, 0) is 60.0 Å². The van der Waals surface area contributed by atoms with Gasteiger partial charge in [0.1, 0.15) is 0 Å². The third-order valence-corrected chi connectivity index (χ3v) is 5.81. The molecule has 2 aromatic rings. The first-order valence-corrected chi connectivity index (χ1v) is 9.07. The van der Waals surface area contributed by atoms with E-state index < -0.39 is 10.8 Å². The Morgan fingerprint density at radius 1 is 1.38 bits per heavy atom. The fraction of sp³-hybridized carbons (Fsp3) is 0.400. The van der Waals surface area contributed by atoms with Crippen molar-refractivity contribution < 1.29 is 4.21 Å². The molecule has 4 nitrogen and oxygen atoms in total. The van der Waals surface area contributed by atoms with E-state index in [2.05, 4.69) is 28.0 Å². The van der Waals surface area contributed by atoms with E-state index in [9.17, 15) is 4.21 Å². The highest BCUT2D eigenvalue weighted by Crippen LogP contribution is 2.26. The maximum absolute atomic E-state index is 12.7. The number of hydrogen-bond acceptors (Lipinski definition) is 3. The topological polar surface area (TPSA) is 60.9 Å². The minimum atomic E-state index is -1.11. The van der Waals surface area contributed by atoms with Crippen LogP contribution in [0.15, 0.2) is 27.6 Å². The number of nitrogens with two attached hydrogens (primary N) is 1. The molecule has 0 fully saturated rings. The molecule has 0 aliphatic rings. The molecule has 0 saturated carbocycles. The summed E-state index contributed by atoms with van der Waals surface area (Å²) in [5, 5.41) is 4.55. The fourth-order valence-electron chi connectivity index (χ4n) is 2.29. The van der Waals surface area contributed by atoms with Crippen LogP contribution in [0.3, 0.4) is 0 Å². The summed E-state index contributed by atoms with van der Waals surface area (Å²) in [5.41, 5.74) is 9.41. The second kappa shape index (κ2) is 6.75. The van der Waals surface area contributed by atoms with Crippen LogP contribution >= 0.6 is 15.9 Å². The molecule has 6 heteroatoms. The highest BCUT2D eigenvalue weighted by Gasteiger charge is 2.18. The molecule has 1 unspecified atom stereocenters. The highest BCUT2D eigenvalue weighted by atomic mass is 79.9. The molecule has 0 bridgehead atoms. The first-order chi connectivity index (χ1) is 9.97. The molecule has 21 heavy (non-hydrogen) atoms. The van der Waals surface area contributed by atoms with Crippen molar-refractivity contribution in [2.24, 2.45) is 0 Å². The Hall–Kier alpha value is -1.14. The van der Waals surface area contributed by atoms with Crippen molar-refractivity contribution in [2.75, 3.05) is 5.73 Å². The van der Waals surface area contributed by atoms with E-state index in [1.54, 1.807) is 6.07 Å². The Balaban J connectivity index is 2.33. The van der Waals surface area contributed by atoms with E-state index >= 15 is 0 Å². The molecule has 0 aliphatic heterocycles. The smallest absolute Gasteiger partial charge is 0.0767 e. The van der Waals surface area contributed by atoms with Crippen molar-refractivity contribution in [3.63, 3.8) is 0 Å². The lowest BCUT2D eigenvalue weighted by atomic mass is 10.2. The van der Waals surface area contributed by atoms with E-state index in [0.29, 0.717) is 11.4 Å². The van der Waals surface area contributed by atoms with Crippen LogP contribution in [-0.2, 0) is 29.5 Å². The van der Waals surface area contributed by atoms with Crippen LogP contribution < -0.4 is 5.73 Å². The number of benzene rings is 1. The molecule has 0 spiro atoms. The summed E-state index contributed by atoms with van der Waals surface area (Å²) in [6, 6.07) is 5.50. The number of aromatic nitrogens is 2. The SMILES string of the molecule is CCc1nn(CC)c(CS(=O)c2ccc(N)cc2C)c1Br. The van der Waals surface area contributed by atoms with Gasteiger partial charge in [-0.1, -0.05) is 6.92 Å². The molecular formula is C15H20BrN3OS. The van der Waals surface area contributed by atoms with Gasteiger partial charge in [0.05, 0.1) is 32.4 Å². The minimum Gasteiger partial charge on any atom is -0.399 e. The number of rotatable bonds is 5. The average molecular weight is 370 g/mol. The van der Waals surface area contributed by atoms with Gasteiger partial charge in [-0.25, -0.2) is 0 Å². The van der Waals surface area contributed by atoms with E-state index in [4.69, 9.17) is 5.73 Å². The molecule has 1 atom stereocenters. The van der Waals surface area contributed by atoms with Gasteiger partial charge in [-0.15, -0.1) is 0 Å². The first-order valence-electron chi connectivity index (χ1n) is 6.96. The predicted octanol–water partition coefficient (Wildman–Crippen LogP) is 3.43. The quantitative estimate of drug-likeness (QED) is 0.821. The second-order valence-corrected chi connectivity index (χ2v) is 7.10. The molecule has 0 saturated heterocycles. The van der Waals surface area contributed by atoms with Gasteiger partial charge in [0, 0.05) is 17.1 Å². The number of nitrogen functional groups attached to an aromatic ring is 1. The zero-order chi connectivity index (χ0) is 15.6. The van der Waals surface area contributed by atoms with Crippen molar-refractivity contribution >= 4 is 32.4 Å². The molecule has 0 radical (unpaired) electrons. The van der Waals surface area contributed by atoms with Gasteiger partial charge >= 0.3 is 0 Å². The van der Waals surface area contributed by atoms with Crippen LogP contribution in [0, 0.1) is 6.92 Å².